The van der Waals surface area contributed by atoms with Crippen LogP contribution in [-0.4, -0.2) is 22.1 Å². The maximum absolute atomic E-state index is 10.1. The van der Waals surface area contributed by atoms with E-state index in [1.165, 1.54) is 0 Å². The molecular formula is C6H8BrNO2. The van der Waals surface area contributed by atoms with Crippen molar-refractivity contribution >= 4 is 21.9 Å². The van der Waals surface area contributed by atoms with Crippen molar-refractivity contribution in [2.45, 2.75) is 10.9 Å². The predicted molar refractivity (Wildman–Crippen MR) is 41.1 cm³/mol. The number of nitrogens with one attached hydrogen (secondary N) is 1. The highest BCUT2D eigenvalue weighted by atomic mass is 79.9. The molecule has 1 aliphatic carbocycles. The third-order valence-corrected chi connectivity index (χ3v) is 2.20. The van der Waals surface area contributed by atoms with Gasteiger partial charge in [0.05, 0.1) is 11.0 Å². The van der Waals surface area contributed by atoms with Crippen LogP contribution in [0.1, 0.15) is 6.42 Å². The third kappa shape index (κ3) is 1.82. The molecule has 4 heteroatoms. The zero-order valence-corrected chi connectivity index (χ0v) is 6.89. The van der Waals surface area contributed by atoms with Crippen LogP contribution in [0.25, 0.3) is 0 Å². The second-order valence-electron chi connectivity index (χ2n) is 2.22. The minimum absolute atomic E-state index is 0.00438. The van der Waals surface area contributed by atoms with Crippen LogP contribution in [0.3, 0.4) is 0 Å². The highest BCUT2D eigenvalue weighted by Gasteiger charge is 2.27. The Balaban J connectivity index is 2.26. The lowest BCUT2D eigenvalue weighted by Gasteiger charge is -2.29. The second kappa shape index (κ2) is 2.72. The molecule has 1 aliphatic rings. The topological polar surface area (TPSA) is 49.3 Å². The molecule has 0 radical (unpaired) electrons. The zero-order chi connectivity index (χ0) is 7.61. The van der Waals surface area contributed by atoms with Crippen LogP contribution in [-0.2, 0) is 4.79 Å². The molecule has 0 fully saturated rings. The van der Waals surface area contributed by atoms with E-state index in [1.807, 2.05) is 12.2 Å². The molecule has 2 N–H and O–H groups in total. The Kier molecular flexibility index (Phi) is 2.11. The summed E-state index contributed by atoms with van der Waals surface area (Å²) < 4.78 is -0.245. The summed E-state index contributed by atoms with van der Waals surface area (Å²) in [6.45, 7) is -0.00438. The number of hydrogen-bond donors (Lipinski definition) is 2. The minimum atomic E-state index is -0.834. The molecule has 0 aromatic carbocycles. The highest BCUT2D eigenvalue weighted by Crippen LogP contribution is 2.28. The van der Waals surface area contributed by atoms with Crippen molar-refractivity contribution < 1.29 is 9.90 Å². The second-order valence-corrected chi connectivity index (χ2v) is 3.63. The van der Waals surface area contributed by atoms with Gasteiger partial charge in [0.25, 0.3) is 0 Å². The summed E-state index contributed by atoms with van der Waals surface area (Å²) in [5.41, 5.74) is 0. The van der Waals surface area contributed by atoms with Crippen LogP contribution in [0.15, 0.2) is 12.2 Å². The van der Waals surface area contributed by atoms with Gasteiger partial charge in [-0.15, -0.1) is 0 Å². The molecule has 0 aromatic heterocycles. The average molecular weight is 206 g/mol. The lowest BCUT2D eigenvalue weighted by Crippen LogP contribution is -2.43. The van der Waals surface area contributed by atoms with E-state index in [4.69, 9.17) is 5.11 Å². The SMILES string of the molecule is O=C(O)CNC1(Br)C=CC1. The van der Waals surface area contributed by atoms with Crippen molar-refractivity contribution in [1.29, 1.82) is 0 Å². The number of hydrogen-bond acceptors (Lipinski definition) is 2. The molecule has 0 amide bonds. The van der Waals surface area contributed by atoms with Gasteiger partial charge in [-0.2, -0.15) is 0 Å². The summed E-state index contributed by atoms with van der Waals surface area (Å²) in [6.07, 6.45) is 4.72. The first kappa shape index (κ1) is 7.75. The first-order valence-corrected chi connectivity index (χ1v) is 3.75. The molecule has 1 atom stereocenters. The van der Waals surface area contributed by atoms with E-state index in [9.17, 15) is 4.79 Å². The van der Waals surface area contributed by atoms with Gasteiger partial charge >= 0.3 is 5.97 Å². The van der Waals surface area contributed by atoms with Crippen molar-refractivity contribution in [3.8, 4) is 0 Å². The number of rotatable bonds is 3. The van der Waals surface area contributed by atoms with Crippen LogP contribution in [0.4, 0.5) is 0 Å². The van der Waals surface area contributed by atoms with Crippen molar-refractivity contribution in [3.63, 3.8) is 0 Å². The first-order valence-electron chi connectivity index (χ1n) is 2.96. The van der Waals surface area contributed by atoms with Gasteiger partial charge in [0.15, 0.2) is 0 Å². The number of carboxylic acid groups (broad SMARTS) is 1. The summed E-state index contributed by atoms with van der Waals surface area (Å²) >= 11 is 3.34. The molecule has 0 bridgehead atoms. The number of carboxylic acids is 1. The Morgan fingerprint density at radius 1 is 1.90 bits per heavy atom. The van der Waals surface area contributed by atoms with Crippen molar-refractivity contribution in [2.24, 2.45) is 0 Å². The lowest BCUT2D eigenvalue weighted by atomic mass is 10.0. The maximum atomic E-state index is 10.1. The van der Waals surface area contributed by atoms with Crippen molar-refractivity contribution in [1.82, 2.24) is 5.32 Å². The van der Waals surface area contributed by atoms with Gasteiger partial charge in [-0.05, 0) is 6.42 Å². The molecule has 1 rings (SSSR count). The number of aliphatic carboxylic acids is 1. The van der Waals surface area contributed by atoms with E-state index in [2.05, 4.69) is 21.2 Å². The van der Waals surface area contributed by atoms with E-state index in [1.54, 1.807) is 0 Å². The normalized spacial score (nSPS) is 29.7. The maximum Gasteiger partial charge on any atom is 0.317 e. The van der Waals surface area contributed by atoms with E-state index in [0.717, 1.165) is 6.42 Å². The lowest BCUT2D eigenvalue weighted by molar-refractivity contribution is -0.136. The van der Waals surface area contributed by atoms with Gasteiger partial charge in [-0.1, -0.05) is 28.1 Å². The molecule has 0 spiro atoms. The van der Waals surface area contributed by atoms with Crippen LogP contribution < -0.4 is 5.32 Å². The molecular weight excluding hydrogens is 198 g/mol. The monoisotopic (exact) mass is 205 g/mol. The van der Waals surface area contributed by atoms with Gasteiger partial charge in [-0.3, -0.25) is 10.1 Å². The number of carbonyl (C=O) groups is 1. The smallest absolute Gasteiger partial charge is 0.317 e. The molecule has 0 aliphatic heterocycles. The highest BCUT2D eigenvalue weighted by molar-refractivity contribution is 9.10. The van der Waals surface area contributed by atoms with Crippen LogP contribution in [0.2, 0.25) is 0 Å². The Bertz CT molecular complexity index is 181. The van der Waals surface area contributed by atoms with E-state index >= 15 is 0 Å². The van der Waals surface area contributed by atoms with Gasteiger partial charge in [0.2, 0.25) is 0 Å². The van der Waals surface area contributed by atoms with Crippen LogP contribution >= 0.6 is 15.9 Å². The fraction of sp³-hybridized carbons (Fsp3) is 0.500. The molecule has 10 heavy (non-hydrogen) atoms. The fourth-order valence-electron chi connectivity index (χ4n) is 0.678. The Labute approximate surface area is 67.2 Å². The fourth-order valence-corrected chi connectivity index (χ4v) is 1.19. The molecule has 3 nitrogen and oxygen atoms in total. The van der Waals surface area contributed by atoms with Crippen LogP contribution in [0.5, 0.6) is 0 Å². The first-order chi connectivity index (χ1) is 4.62. The Hall–Kier alpha value is -0.350. The average Bonchev–Trinajstić information content (AvgIpc) is 1.79. The summed E-state index contributed by atoms with van der Waals surface area (Å²) in [5.74, 6) is -0.834. The van der Waals surface area contributed by atoms with E-state index < -0.39 is 5.97 Å². The molecule has 0 saturated heterocycles. The quantitative estimate of drug-likeness (QED) is 0.406. The van der Waals surface area contributed by atoms with E-state index in [-0.39, 0.29) is 11.0 Å². The molecule has 1 unspecified atom stereocenters. The largest absolute Gasteiger partial charge is 0.480 e. The number of alkyl halides is 1. The Morgan fingerprint density at radius 3 is 2.80 bits per heavy atom. The van der Waals surface area contributed by atoms with Gasteiger partial charge in [0.1, 0.15) is 0 Å². The van der Waals surface area contributed by atoms with Crippen molar-refractivity contribution in [3.05, 3.63) is 12.2 Å². The summed E-state index contributed by atoms with van der Waals surface area (Å²) in [7, 11) is 0. The summed E-state index contributed by atoms with van der Waals surface area (Å²) in [6, 6.07) is 0. The molecule has 0 heterocycles. The predicted octanol–water partition coefficient (Wildman–Crippen LogP) is 0.712. The standard InChI is InChI=1S/C6H8BrNO2/c7-6(2-1-3-6)8-4-5(9)10/h1-2,8H,3-4H2,(H,9,10). The van der Waals surface area contributed by atoms with Gasteiger partial charge in [0, 0.05) is 0 Å². The molecule has 0 saturated carbocycles. The summed E-state index contributed by atoms with van der Waals surface area (Å²) in [4.78, 5) is 10.1. The van der Waals surface area contributed by atoms with Gasteiger partial charge < -0.3 is 5.11 Å². The Morgan fingerprint density at radius 2 is 2.50 bits per heavy atom. The minimum Gasteiger partial charge on any atom is -0.480 e. The zero-order valence-electron chi connectivity index (χ0n) is 5.30. The van der Waals surface area contributed by atoms with Gasteiger partial charge in [-0.25, -0.2) is 0 Å². The molecule has 56 valence electrons. The summed E-state index contributed by atoms with van der Waals surface area (Å²) in [5, 5.41) is 11.1. The van der Waals surface area contributed by atoms with E-state index in [0.29, 0.717) is 0 Å². The van der Waals surface area contributed by atoms with Crippen LogP contribution in [0, 0.1) is 0 Å². The molecule has 0 aromatic rings. The number of halogens is 1. The van der Waals surface area contributed by atoms with Crippen molar-refractivity contribution in [2.75, 3.05) is 6.54 Å². The third-order valence-electron chi connectivity index (χ3n) is 1.33.